The molecule has 1 rings (SSSR count). The lowest BCUT2D eigenvalue weighted by atomic mass is 10.2. The minimum atomic E-state index is -3.82. The lowest BCUT2D eigenvalue weighted by molar-refractivity contribution is 0.575. The van der Waals surface area contributed by atoms with E-state index in [0.29, 0.717) is 6.07 Å². The summed E-state index contributed by atoms with van der Waals surface area (Å²) in [6.45, 7) is 0. The highest BCUT2D eigenvalue weighted by Crippen LogP contribution is 2.24. The third-order valence-electron chi connectivity index (χ3n) is 1.40. The molecule has 0 fully saturated rings. The highest BCUT2D eigenvalue weighted by molar-refractivity contribution is 9.10. The van der Waals surface area contributed by atoms with Gasteiger partial charge in [0.2, 0.25) is 9.05 Å². The second-order valence-electron chi connectivity index (χ2n) is 2.54. The fourth-order valence-electron chi connectivity index (χ4n) is 0.900. The Morgan fingerprint density at radius 2 is 1.93 bits per heavy atom. The van der Waals surface area contributed by atoms with Gasteiger partial charge in [0, 0.05) is 16.7 Å². The van der Waals surface area contributed by atoms with Crippen molar-refractivity contribution >= 4 is 35.7 Å². The predicted molar refractivity (Wildman–Crippen MR) is 52.5 cm³/mol. The molecule has 14 heavy (non-hydrogen) atoms. The average molecular weight is 306 g/mol. The van der Waals surface area contributed by atoms with Gasteiger partial charge in [-0.2, -0.15) is 0 Å². The molecule has 0 N–H and O–H groups in total. The Labute approximate surface area is 92.4 Å². The van der Waals surface area contributed by atoms with Crippen LogP contribution in [-0.4, -0.2) is 8.42 Å². The van der Waals surface area contributed by atoms with Crippen LogP contribution in [0.2, 0.25) is 0 Å². The standard InChI is InChI=1S/C7H4BrClF2O2S/c8-7-4(3-14(9,12)13)1-5(10)2-6(7)11/h1-2H,3H2. The summed E-state index contributed by atoms with van der Waals surface area (Å²) in [7, 11) is 1.13. The third kappa shape index (κ3) is 3.18. The zero-order chi connectivity index (χ0) is 10.9. The molecule has 0 heterocycles. The topological polar surface area (TPSA) is 34.1 Å². The molecule has 0 bridgehead atoms. The van der Waals surface area contributed by atoms with Crippen molar-refractivity contribution in [2.75, 3.05) is 0 Å². The Morgan fingerprint density at radius 1 is 1.36 bits per heavy atom. The van der Waals surface area contributed by atoms with Gasteiger partial charge < -0.3 is 0 Å². The first-order valence-electron chi connectivity index (χ1n) is 3.35. The van der Waals surface area contributed by atoms with Crippen molar-refractivity contribution in [3.05, 3.63) is 33.8 Å². The van der Waals surface area contributed by atoms with E-state index in [1.54, 1.807) is 0 Å². The van der Waals surface area contributed by atoms with Gasteiger partial charge in [0.1, 0.15) is 11.6 Å². The maximum absolute atomic E-state index is 12.9. The maximum Gasteiger partial charge on any atom is 0.236 e. The Morgan fingerprint density at radius 3 is 2.43 bits per heavy atom. The van der Waals surface area contributed by atoms with Crippen molar-refractivity contribution in [1.82, 2.24) is 0 Å². The van der Waals surface area contributed by atoms with Crippen LogP contribution in [0.25, 0.3) is 0 Å². The number of hydrogen-bond acceptors (Lipinski definition) is 2. The monoisotopic (exact) mass is 304 g/mol. The van der Waals surface area contributed by atoms with Crippen LogP contribution in [-0.2, 0) is 14.8 Å². The van der Waals surface area contributed by atoms with Gasteiger partial charge in [-0.3, -0.25) is 0 Å². The molecule has 0 aromatic heterocycles. The molecule has 0 atom stereocenters. The maximum atomic E-state index is 12.9. The molecule has 0 aliphatic carbocycles. The highest BCUT2D eigenvalue weighted by Gasteiger charge is 2.14. The van der Waals surface area contributed by atoms with Crippen LogP contribution in [0.15, 0.2) is 16.6 Å². The fourth-order valence-corrected chi connectivity index (χ4v) is 2.41. The Bertz CT molecular complexity index is 461. The highest BCUT2D eigenvalue weighted by atomic mass is 79.9. The van der Waals surface area contributed by atoms with Crippen LogP contribution in [0.5, 0.6) is 0 Å². The first-order valence-corrected chi connectivity index (χ1v) is 6.62. The van der Waals surface area contributed by atoms with Crippen LogP contribution in [0.4, 0.5) is 8.78 Å². The van der Waals surface area contributed by atoms with Gasteiger partial charge in [-0.1, -0.05) is 0 Å². The third-order valence-corrected chi connectivity index (χ3v) is 3.27. The zero-order valence-corrected chi connectivity index (χ0v) is 9.76. The molecule has 1 aromatic rings. The van der Waals surface area contributed by atoms with E-state index in [-0.39, 0.29) is 10.0 Å². The van der Waals surface area contributed by atoms with Gasteiger partial charge >= 0.3 is 0 Å². The van der Waals surface area contributed by atoms with Gasteiger partial charge in [-0.25, -0.2) is 17.2 Å². The van der Waals surface area contributed by atoms with Crippen molar-refractivity contribution in [2.45, 2.75) is 5.75 Å². The predicted octanol–water partition coefficient (Wildman–Crippen LogP) is 2.80. The van der Waals surface area contributed by atoms with Crippen LogP contribution in [0.3, 0.4) is 0 Å². The van der Waals surface area contributed by atoms with E-state index in [4.69, 9.17) is 10.7 Å². The summed E-state index contributed by atoms with van der Waals surface area (Å²) in [4.78, 5) is 0. The number of rotatable bonds is 2. The molecule has 0 amide bonds. The summed E-state index contributed by atoms with van der Waals surface area (Å²) in [5.74, 6) is -2.33. The van der Waals surface area contributed by atoms with Gasteiger partial charge in [-0.15, -0.1) is 0 Å². The summed E-state index contributed by atoms with van der Waals surface area (Å²) in [5.41, 5.74) is -0.0440. The molecular formula is C7H4BrClF2O2S. The molecule has 0 unspecified atom stereocenters. The molecular weight excluding hydrogens is 301 g/mol. The minimum absolute atomic E-state index is 0.0440. The molecule has 78 valence electrons. The Hall–Kier alpha value is -0.200. The quantitative estimate of drug-likeness (QED) is 0.622. The van der Waals surface area contributed by atoms with E-state index >= 15 is 0 Å². The summed E-state index contributed by atoms with van der Waals surface area (Å²) >= 11 is 2.80. The molecule has 7 heteroatoms. The number of hydrogen-bond donors (Lipinski definition) is 0. The van der Waals surface area contributed by atoms with E-state index in [2.05, 4.69) is 15.9 Å². The molecule has 0 aliphatic rings. The number of halogens is 4. The molecule has 0 aliphatic heterocycles. The second-order valence-corrected chi connectivity index (χ2v) is 6.11. The summed E-state index contributed by atoms with van der Waals surface area (Å²) < 4.78 is 46.8. The molecule has 2 nitrogen and oxygen atoms in total. The van der Waals surface area contributed by atoms with E-state index < -0.39 is 26.4 Å². The van der Waals surface area contributed by atoms with Crippen molar-refractivity contribution in [3.63, 3.8) is 0 Å². The minimum Gasteiger partial charge on any atom is -0.212 e. The van der Waals surface area contributed by atoms with E-state index in [9.17, 15) is 17.2 Å². The molecule has 0 spiro atoms. The molecule has 0 saturated carbocycles. The van der Waals surface area contributed by atoms with E-state index in [0.717, 1.165) is 6.07 Å². The van der Waals surface area contributed by atoms with E-state index in [1.165, 1.54) is 0 Å². The zero-order valence-electron chi connectivity index (χ0n) is 6.60. The largest absolute Gasteiger partial charge is 0.236 e. The van der Waals surface area contributed by atoms with Crippen molar-refractivity contribution < 1.29 is 17.2 Å². The lowest BCUT2D eigenvalue weighted by Crippen LogP contribution is -1.98. The van der Waals surface area contributed by atoms with Gasteiger partial charge in [0.15, 0.2) is 0 Å². The first kappa shape index (κ1) is 11.9. The van der Waals surface area contributed by atoms with E-state index in [1.807, 2.05) is 0 Å². The van der Waals surface area contributed by atoms with Crippen molar-refractivity contribution in [2.24, 2.45) is 0 Å². The summed E-state index contributed by atoms with van der Waals surface area (Å²) in [6.07, 6.45) is 0. The second kappa shape index (κ2) is 4.12. The Kier molecular flexibility index (Phi) is 3.49. The van der Waals surface area contributed by atoms with Gasteiger partial charge in [0.05, 0.1) is 10.2 Å². The Balaban J connectivity index is 3.22. The normalized spacial score (nSPS) is 11.7. The first-order chi connectivity index (χ1) is 6.29. The van der Waals surface area contributed by atoms with Crippen molar-refractivity contribution in [1.29, 1.82) is 0 Å². The molecule has 1 aromatic carbocycles. The lowest BCUT2D eigenvalue weighted by Gasteiger charge is -2.03. The van der Waals surface area contributed by atoms with Gasteiger partial charge in [-0.05, 0) is 27.6 Å². The van der Waals surface area contributed by atoms with Crippen LogP contribution >= 0.6 is 26.6 Å². The SMILES string of the molecule is O=S(=O)(Cl)Cc1cc(F)cc(F)c1Br. The van der Waals surface area contributed by atoms with Crippen LogP contribution < -0.4 is 0 Å². The van der Waals surface area contributed by atoms with Crippen LogP contribution in [0, 0.1) is 11.6 Å². The summed E-state index contributed by atoms with van der Waals surface area (Å²) in [5, 5.41) is 0. The number of benzene rings is 1. The average Bonchev–Trinajstić information content (AvgIpc) is 1.96. The van der Waals surface area contributed by atoms with Crippen LogP contribution in [0.1, 0.15) is 5.56 Å². The smallest absolute Gasteiger partial charge is 0.212 e. The molecule has 0 radical (unpaired) electrons. The fraction of sp³-hybridized carbons (Fsp3) is 0.143. The summed E-state index contributed by atoms with van der Waals surface area (Å²) in [6, 6.07) is 1.56. The van der Waals surface area contributed by atoms with Crippen molar-refractivity contribution in [3.8, 4) is 0 Å². The van der Waals surface area contributed by atoms with Gasteiger partial charge in [0.25, 0.3) is 0 Å². The molecule has 0 saturated heterocycles.